The highest BCUT2D eigenvalue weighted by Crippen LogP contribution is 2.26. The van der Waals surface area contributed by atoms with E-state index in [1.807, 2.05) is 0 Å². The molecule has 1 heterocycles. The lowest BCUT2D eigenvalue weighted by Crippen LogP contribution is -1.90. The van der Waals surface area contributed by atoms with E-state index in [2.05, 4.69) is 25.9 Å². The maximum atomic E-state index is 8.89. The summed E-state index contributed by atoms with van der Waals surface area (Å²) >= 11 is 3.29. The van der Waals surface area contributed by atoms with E-state index in [0.717, 1.165) is 5.56 Å². The van der Waals surface area contributed by atoms with Crippen molar-refractivity contribution in [3.05, 3.63) is 46.8 Å². The molecule has 0 radical (unpaired) electrons. The van der Waals surface area contributed by atoms with E-state index in [9.17, 15) is 0 Å². The molecule has 16 heavy (non-hydrogen) atoms. The van der Waals surface area contributed by atoms with E-state index >= 15 is 0 Å². The number of aromatic nitrogens is 2. The highest BCUT2D eigenvalue weighted by Gasteiger charge is 2.03. The van der Waals surface area contributed by atoms with Crippen LogP contribution in [0.3, 0.4) is 0 Å². The lowest BCUT2D eigenvalue weighted by atomic mass is 10.2. The van der Waals surface area contributed by atoms with Crippen LogP contribution in [-0.4, -0.2) is 15.1 Å². The zero-order valence-electron chi connectivity index (χ0n) is 8.30. The van der Waals surface area contributed by atoms with Gasteiger partial charge in [-0.25, -0.2) is 9.97 Å². The first-order valence-corrected chi connectivity index (χ1v) is 5.42. The van der Waals surface area contributed by atoms with Crippen LogP contribution in [0.2, 0.25) is 0 Å². The van der Waals surface area contributed by atoms with Crippen LogP contribution in [-0.2, 0) is 6.61 Å². The zero-order valence-corrected chi connectivity index (χ0v) is 9.89. The standard InChI is InChI=1S/C11H9BrN2O2/c12-10-5-13-7-14-11(10)16-9-3-1-8(6-15)2-4-9/h1-5,7,15H,6H2. The average molecular weight is 281 g/mol. The van der Waals surface area contributed by atoms with E-state index in [1.54, 1.807) is 30.5 Å². The molecule has 0 spiro atoms. The van der Waals surface area contributed by atoms with Gasteiger partial charge in [-0.1, -0.05) is 12.1 Å². The number of hydrogen-bond acceptors (Lipinski definition) is 4. The minimum atomic E-state index is 0.0253. The molecule has 0 aliphatic rings. The fraction of sp³-hybridized carbons (Fsp3) is 0.0909. The number of nitrogens with zero attached hydrogens (tertiary/aromatic N) is 2. The van der Waals surface area contributed by atoms with E-state index in [4.69, 9.17) is 9.84 Å². The van der Waals surface area contributed by atoms with Crippen molar-refractivity contribution in [3.63, 3.8) is 0 Å². The number of halogens is 1. The Morgan fingerprint density at radius 1 is 1.25 bits per heavy atom. The zero-order chi connectivity index (χ0) is 11.4. The molecule has 0 saturated heterocycles. The summed E-state index contributed by atoms with van der Waals surface area (Å²) in [5, 5.41) is 8.89. The van der Waals surface area contributed by atoms with Gasteiger partial charge in [0.15, 0.2) is 0 Å². The number of aliphatic hydroxyl groups excluding tert-OH is 1. The summed E-state index contributed by atoms with van der Waals surface area (Å²) < 4.78 is 6.22. The summed E-state index contributed by atoms with van der Waals surface area (Å²) in [7, 11) is 0. The molecule has 82 valence electrons. The average Bonchev–Trinajstić information content (AvgIpc) is 2.33. The normalized spacial score (nSPS) is 10.1. The van der Waals surface area contributed by atoms with Gasteiger partial charge in [-0.2, -0.15) is 0 Å². The van der Waals surface area contributed by atoms with E-state index in [1.165, 1.54) is 6.33 Å². The van der Waals surface area contributed by atoms with Gasteiger partial charge in [-0.05, 0) is 33.6 Å². The summed E-state index contributed by atoms with van der Waals surface area (Å²) in [4.78, 5) is 7.83. The van der Waals surface area contributed by atoms with E-state index in [0.29, 0.717) is 16.1 Å². The van der Waals surface area contributed by atoms with Crippen LogP contribution in [0.25, 0.3) is 0 Å². The molecule has 0 amide bonds. The van der Waals surface area contributed by atoms with Crippen molar-refractivity contribution < 1.29 is 9.84 Å². The number of ether oxygens (including phenoxy) is 1. The number of benzene rings is 1. The highest BCUT2D eigenvalue weighted by molar-refractivity contribution is 9.10. The molecule has 2 aromatic rings. The van der Waals surface area contributed by atoms with Gasteiger partial charge in [-0.15, -0.1) is 0 Å². The van der Waals surface area contributed by atoms with Crippen molar-refractivity contribution in [1.29, 1.82) is 0 Å². The first-order chi connectivity index (χ1) is 7.79. The van der Waals surface area contributed by atoms with Crippen molar-refractivity contribution in [2.24, 2.45) is 0 Å². The SMILES string of the molecule is OCc1ccc(Oc2ncncc2Br)cc1. The van der Waals surface area contributed by atoms with Gasteiger partial charge in [-0.3, -0.25) is 0 Å². The van der Waals surface area contributed by atoms with Gasteiger partial charge in [0.2, 0.25) is 5.88 Å². The third-order valence-corrected chi connectivity index (χ3v) is 2.50. The lowest BCUT2D eigenvalue weighted by Gasteiger charge is -2.05. The van der Waals surface area contributed by atoms with Crippen molar-refractivity contribution in [2.45, 2.75) is 6.61 Å². The molecular weight excluding hydrogens is 272 g/mol. The van der Waals surface area contributed by atoms with Gasteiger partial charge in [0, 0.05) is 6.20 Å². The van der Waals surface area contributed by atoms with Gasteiger partial charge in [0.05, 0.1) is 11.1 Å². The molecule has 1 aromatic heterocycles. The Kier molecular flexibility index (Phi) is 3.48. The first-order valence-electron chi connectivity index (χ1n) is 4.63. The van der Waals surface area contributed by atoms with Crippen molar-refractivity contribution in [1.82, 2.24) is 9.97 Å². The Balaban J connectivity index is 2.18. The Morgan fingerprint density at radius 2 is 2.00 bits per heavy atom. The molecule has 2 rings (SSSR count). The molecule has 0 fully saturated rings. The number of hydrogen-bond donors (Lipinski definition) is 1. The predicted octanol–water partition coefficient (Wildman–Crippen LogP) is 2.52. The fourth-order valence-corrected chi connectivity index (χ4v) is 1.45. The van der Waals surface area contributed by atoms with Crippen molar-refractivity contribution in [2.75, 3.05) is 0 Å². The topological polar surface area (TPSA) is 55.2 Å². The lowest BCUT2D eigenvalue weighted by molar-refractivity contribution is 0.281. The summed E-state index contributed by atoms with van der Waals surface area (Å²) in [5.41, 5.74) is 0.842. The summed E-state index contributed by atoms with van der Waals surface area (Å²) in [6.07, 6.45) is 3.03. The quantitative estimate of drug-likeness (QED) is 0.939. The number of rotatable bonds is 3. The second-order valence-corrected chi connectivity index (χ2v) is 3.93. The first kappa shape index (κ1) is 11.0. The largest absolute Gasteiger partial charge is 0.438 e. The van der Waals surface area contributed by atoms with E-state index < -0.39 is 0 Å². The van der Waals surface area contributed by atoms with Crippen LogP contribution >= 0.6 is 15.9 Å². The highest BCUT2D eigenvalue weighted by atomic mass is 79.9. The molecule has 4 nitrogen and oxygen atoms in total. The predicted molar refractivity (Wildman–Crippen MR) is 62.2 cm³/mol. The number of aliphatic hydroxyl groups is 1. The molecule has 0 bridgehead atoms. The van der Waals surface area contributed by atoms with Crippen LogP contribution in [0.1, 0.15) is 5.56 Å². The van der Waals surface area contributed by atoms with Gasteiger partial charge in [0.1, 0.15) is 12.1 Å². The molecule has 1 aromatic carbocycles. The van der Waals surface area contributed by atoms with Crippen LogP contribution in [0.15, 0.2) is 41.3 Å². The monoisotopic (exact) mass is 280 g/mol. The smallest absolute Gasteiger partial charge is 0.236 e. The Labute approximate surface area is 101 Å². The van der Waals surface area contributed by atoms with Crippen LogP contribution in [0.4, 0.5) is 0 Å². The molecular formula is C11H9BrN2O2. The fourth-order valence-electron chi connectivity index (χ4n) is 1.15. The van der Waals surface area contributed by atoms with Crippen LogP contribution in [0, 0.1) is 0 Å². The minimum absolute atomic E-state index is 0.0253. The Hall–Kier alpha value is -1.46. The molecule has 0 atom stereocenters. The molecule has 0 saturated carbocycles. The molecule has 5 heteroatoms. The molecule has 1 N–H and O–H groups in total. The van der Waals surface area contributed by atoms with Crippen molar-refractivity contribution in [3.8, 4) is 11.6 Å². The second-order valence-electron chi connectivity index (χ2n) is 3.08. The Bertz CT molecular complexity index is 474. The third-order valence-electron chi connectivity index (χ3n) is 1.95. The van der Waals surface area contributed by atoms with E-state index in [-0.39, 0.29) is 6.61 Å². The van der Waals surface area contributed by atoms with Crippen LogP contribution in [0.5, 0.6) is 11.6 Å². The third kappa shape index (κ3) is 2.56. The second kappa shape index (κ2) is 5.05. The maximum absolute atomic E-state index is 8.89. The summed E-state index contributed by atoms with van der Waals surface area (Å²) in [6.45, 7) is 0.0253. The maximum Gasteiger partial charge on any atom is 0.236 e. The van der Waals surface area contributed by atoms with Gasteiger partial charge < -0.3 is 9.84 Å². The van der Waals surface area contributed by atoms with Gasteiger partial charge in [0.25, 0.3) is 0 Å². The summed E-state index contributed by atoms with van der Waals surface area (Å²) in [5.74, 6) is 1.13. The molecule has 0 aliphatic carbocycles. The molecule has 0 aliphatic heterocycles. The van der Waals surface area contributed by atoms with Gasteiger partial charge >= 0.3 is 0 Å². The van der Waals surface area contributed by atoms with Crippen molar-refractivity contribution >= 4 is 15.9 Å². The Morgan fingerprint density at radius 3 is 2.62 bits per heavy atom. The summed E-state index contributed by atoms with van der Waals surface area (Å²) in [6, 6.07) is 7.15. The van der Waals surface area contributed by atoms with Crippen LogP contribution < -0.4 is 4.74 Å². The minimum Gasteiger partial charge on any atom is -0.438 e. The molecule has 0 unspecified atom stereocenters.